The summed E-state index contributed by atoms with van der Waals surface area (Å²) in [7, 11) is 4.43. The van der Waals surface area contributed by atoms with Gasteiger partial charge >= 0.3 is 6.18 Å². The number of amides is 1. The van der Waals surface area contributed by atoms with E-state index >= 15 is 0 Å². The molecule has 0 radical (unpaired) electrons. The second-order valence-corrected chi connectivity index (χ2v) is 7.05. The van der Waals surface area contributed by atoms with Gasteiger partial charge in [-0.05, 0) is 42.8 Å². The number of benzene rings is 2. The predicted octanol–water partition coefficient (Wildman–Crippen LogP) is 4.58. The second-order valence-electron chi connectivity index (χ2n) is 7.05. The van der Waals surface area contributed by atoms with Crippen molar-refractivity contribution < 1.29 is 32.2 Å². The quantitative estimate of drug-likeness (QED) is 0.489. The molecule has 3 aromatic rings. The molecule has 0 atom stereocenters. The molecule has 0 saturated heterocycles. The molecule has 1 aromatic heterocycles. The molecule has 176 valence electrons. The fraction of sp³-hybridized carbons (Fsp3) is 0.304. The van der Waals surface area contributed by atoms with Crippen molar-refractivity contribution in [3.8, 4) is 22.9 Å². The summed E-state index contributed by atoms with van der Waals surface area (Å²) in [5.41, 5.74) is 0.146. The van der Waals surface area contributed by atoms with E-state index in [1.165, 1.54) is 44.3 Å². The van der Waals surface area contributed by atoms with Crippen LogP contribution in [0.1, 0.15) is 28.5 Å². The highest BCUT2D eigenvalue weighted by molar-refractivity contribution is 5.95. The van der Waals surface area contributed by atoms with Crippen molar-refractivity contribution in [2.45, 2.75) is 19.6 Å². The Hall–Kier alpha value is -3.69. The second kappa shape index (κ2) is 9.85. The van der Waals surface area contributed by atoms with E-state index in [1.807, 2.05) is 13.0 Å². The first-order valence-electron chi connectivity index (χ1n) is 10.0. The lowest BCUT2D eigenvalue weighted by Gasteiger charge is -2.21. The molecule has 0 saturated carbocycles. The van der Waals surface area contributed by atoms with Crippen molar-refractivity contribution in [1.82, 2.24) is 14.7 Å². The fourth-order valence-electron chi connectivity index (χ4n) is 3.29. The van der Waals surface area contributed by atoms with Crippen LogP contribution in [-0.4, -0.2) is 48.5 Å². The SMILES string of the molecule is CCN(Cc1ccc(OC)c(OC)c1)C(=O)c1nn(-c2cccc(C(F)(F)F)c2)cc1OC. The number of halogens is 3. The van der Waals surface area contributed by atoms with Gasteiger partial charge in [-0.2, -0.15) is 18.3 Å². The van der Waals surface area contributed by atoms with Crippen LogP contribution in [0.15, 0.2) is 48.7 Å². The van der Waals surface area contributed by atoms with Gasteiger partial charge in [0, 0.05) is 13.1 Å². The number of rotatable bonds is 8. The van der Waals surface area contributed by atoms with Crippen LogP contribution in [-0.2, 0) is 12.7 Å². The van der Waals surface area contributed by atoms with Gasteiger partial charge in [-0.15, -0.1) is 0 Å². The average Bonchev–Trinajstić information content (AvgIpc) is 3.26. The molecule has 0 aliphatic carbocycles. The number of aromatic nitrogens is 2. The van der Waals surface area contributed by atoms with Gasteiger partial charge in [0.2, 0.25) is 0 Å². The molecule has 7 nitrogen and oxygen atoms in total. The van der Waals surface area contributed by atoms with Gasteiger partial charge in [0.15, 0.2) is 22.9 Å². The molecule has 0 unspecified atom stereocenters. The molecule has 0 aliphatic rings. The first-order valence-corrected chi connectivity index (χ1v) is 10.0. The molecule has 0 aliphatic heterocycles. The third-order valence-corrected chi connectivity index (χ3v) is 5.03. The van der Waals surface area contributed by atoms with E-state index in [0.717, 1.165) is 17.7 Å². The van der Waals surface area contributed by atoms with Gasteiger partial charge in [0.25, 0.3) is 5.91 Å². The van der Waals surface area contributed by atoms with E-state index in [-0.39, 0.29) is 23.7 Å². The molecule has 1 heterocycles. The number of carbonyl (C=O) groups is 1. The Balaban J connectivity index is 1.91. The monoisotopic (exact) mass is 463 g/mol. The van der Waals surface area contributed by atoms with Crippen molar-refractivity contribution in [3.63, 3.8) is 0 Å². The van der Waals surface area contributed by atoms with Crippen molar-refractivity contribution in [3.05, 3.63) is 65.5 Å². The van der Waals surface area contributed by atoms with Gasteiger partial charge in [-0.3, -0.25) is 4.79 Å². The lowest BCUT2D eigenvalue weighted by Crippen LogP contribution is -2.31. The Kier molecular flexibility index (Phi) is 7.15. The number of hydrogen-bond acceptors (Lipinski definition) is 5. The van der Waals surface area contributed by atoms with Crippen molar-refractivity contribution >= 4 is 5.91 Å². The highest BCUT2D eigenvalue weighted by Gasteiger charge is 2.31. The van der Waals surface area contributed by atoms with E-state index in [1.54, 1.807) is 17.0 Å². The maximum absolute atomic E-state index is 13.2. The minimum absolute atomic E-state index is 0.00256. The number of hydrogen-bond donors (Lipinski definition) is 0. The molecule has 33 heavy (non-hydrogen) atoms. The maximum Gasteiger partial charge on any atom is 0.416 e. The number of methoxy groups -OCH3 is 3. The van der Waals surface area contributed by atoms with Gasteiger partial charge in [-0.1, -0.05) is 12.1 Å². The maximum atomic E-state index is 13.2. The number of ether oxygens (including phenoxy) is 3. The van der Waals surface area contributed by atoms with Crippen LogP contribution in [0.3, 0.4) is 0 Å². The predicted molar refractivity (Wildman–Crippen MR) is 115 cm³/mol. The Morgan fingerprint density at radius 1 is 1.00 bits per heavy atom. The van der Waals surface area contributed by atoms with Crippen LogP contribution in [0.5, 0.6) is 17.2 Å². The Bertz CT molecular complexity index is 1130. The van der Waals surface area contributed by atoms with Crippen LogP contribution >= 0.6 is 0 Å². The molecular weight excluding hydrogens is 439 g/mol. The van der Waals surface area contributed by atoms with E-state index in [9.17, 15) is 18.0 Å². The molecular formula is C23H24F3N3O4. The summed E-state index contributed by atoms with van der Waals surface area (Å²) in [5, 5.41) is 4.23. The van der Waals surface area contributed by atoms with Gasteiger partial charge in [0.1, 0.15) is 0 Å². The van der Waals surface area contributed by atoms with Crippen LogP contribution in [0.2, 0.25) is 0 Å². The highest BCUT2D eigenvalue weighted by atomic mass is 19.4. The van der Waals surface area contributed by atoms with Gasteiger partial charge in [0.05, 0.1) is 38.8 Å². The smallest absolute Gasteiger partial charge is 0.416 e. The van der Waals surface area contributed by atoms with Crippen LogP contribution < -0.4 is 14.2 Å². The molecule has 0 fully saturated rings. The first kappa shape index (κ1) is 24.0. The normalized spacial score (nSPS) is 11.2. The zero-order valence-corrected chi connectivity index (χ0v) is 18.6. The number of carbonyl (C=O) groups excluding carboxylic acids is 1. The average molecular weight is 463 g/mol. The summed E-state index contributed by atoms with van der Waals surface area (Å²) >= 11 is 0. The Morgan fingerprint density at radius 3 is 2.30 bits per heavy atom. The summed E-state index contributed by atoms with van der Waals surface area (Å²) in [5.74, 6) is 0.833. The van der Waals surface area contributed by atoms with Crippen LogP contribution in [0.4, 0.5) is 13.2 Å². The lowest BCUT2D eigenvalue weighted by atomic mass is 10.1. The summed E-state index contributed by atoms with van der Waals surface area (Å²) in [6.07, 6.45) is -3.11. The van der Waals surface area contributed by atoms with Crippen molar-refractivity contribution in [2.24, 2.45) is 0 Å². The summed E-state index contributed by atoms with van der Waals surface area (Å²) in [6, 6.07) is 10.0. The molecule has 3 rings (SSSR count). The highest BCUT2D eigenvalue weighted by Crippen LogP contribution is 2.31. The number of alkyl halides is 3. The summed E-state index contributed by atoms with van der Waals surface area (Å²) in [6.45, 7) is 2.44. The summed E-state index contributed by atoms with van der Waals surface area (Å²) in [4.78, 5) is 14.8. The van der Waals surface area contributed by atoms with Crippen LogP contribution in [0.25, 0.3) is 5.69 Å². The van der Waals surface area contributed by atoms with E-state index in [4.69, 9.17) is 14.2 Å². The molecule has 10 heteroatoms. The van der Waals surface area contributed by atoms with E-state index < -0.39 is 17.6 Å². The molecule has 0 N–H and O–H groups in total. The largest absolute Gasteiger partial charge is 0.493 e. The Labute approximate surface area is 189 Å². The van der Waals surface area contributed by atoms with E-state index in [0.29, 0.717) is 18.0 Å². The molecule has 1 amide bonds. The van der Waals surface area contributed by atoms with Gasteiger partial charge < -0.3 is 19.1 Å². The third-order valence-electron chi connectivity index (χ3n) is 5.03. The standard InChI is InChI=1S/C23H24F3N3O4/c1-5-28(13-15-9-10-18(31-2)19(11-15)32-3)22(30)21-20(33-4)14-29(27-21)17-8-6-7-16(12-17)23(24,25)26/h6-12,14H,5,13H2,1-4H3. The summed E-state index contributed by atoms with van der Waals surface area (Å²) < 4.78 is 56.3. The molecule has 0 bridgehead atoms. The minimum atomic E-state index is -4.50. The molecule has 0 spiro atoms. The Morgan fingerprint density at radius 2 is 1.70 bits per heavy atom. The van der Waals surface area contributed by atoms with Crippen molar-refractivity contribution in [1.29, 1.82) is 0 Å². The minimum Gasteiger partial charge on any atom is -0.493 e. The lowest BCUT2D eigenvalue weighted by molar-refractivity contribution is -0.137. The fourth-order valence-corrected chi connectivity index (χ4v) is 3.29. The zero-order chi connectivity index (χ0) is 24.2. The van der Waals surface area contributed by atoms with Gasteiger partial charge in [-0.25, -0.2) is 4.68 Å². The third kappa shape index (κ3) is 5.21. The van der Waals surface area contributed by atoms with Crippen molar-refractivity contribution in [2.75, 3.05) is 27.9 Å². The topological polar surface area (TPSA) is 65.8 Å². The van der Waals surface area contributed by atoms with Crippen LogP contribution in [0, 0.1) is 0 Å². The number of nitrogens with zero attached hydrogens (tertiary/aromatic N) is 3. The van der Waals surface area contributed by atoms with E-state index in [2.05, 4.69) is 5.10 Å². The zero-order valence-electron chi connectivity index (χ0n) is 18.6. The molecule has 2 aromatic carbocycles. The first-order chi connectivity index (χ1) is 15.7.